The Balaban J connectivity index is 2.18. The zero-order valence-electron chi connectivity index (χ0n) is 10.7. The minimum absolute atomic E-state index is 0.411. The molecule has 2 heterocycles. The van der Waals surface area contributed by atoms with Gasteiger partial charge in [-0.1, -0.05) is 11.8 Å². The highest BCUT2D eigenvalue weighted by Crippen LogP contribution is 2.33. The Morgan fingerprint density at radius 2 is 1.89 bits per heavy atom. The molecule has 2 aromatic rings. The summed E-state index contributed by atoms with van der Waals surface area (Å²) < 4.78 is 10.5. The average molecular weight is 278 g/mol. The van der Waals surface area contributed by atoms with E-state index >= 15 is 0 Å². The van der Waals surface area contributed by atoms with Gasteiger partial charge in [0.05, 0.1) is 19.9 Å². The number of pyridine rings is 1. The number of ether oxygens (including phenoxy) is 2. The monoisotopic (exact) mass is 278 g/mol. The molecule has 0 saturated carbocycles. The number of hydrogen-bond donors (Lipinski definition) is 1. The molecule has 2 N–H and O–H groups in total. The van der Waals surface area contributed by atoms with E-state index in [0.29, 0.717) is 28.1 Å². The minimum Gasteiger partial charge on any atom is -0.493 e. The highest BCUT2D eigenvalue weighted by atomic mass is 32.2. The maximum atomic E-state index is 5.74. The third-order valence-electron chi connectivity index (χ3n) is 2.40. The topological polar surface area (TPSA) is 83.2 Å². The van der Waals surface area contributed by atoms with E-state index in [9.17, 15) is 0 Å². The van der Waals surface area contributed by atoms with Crippen molar-refractivity contribution < 1.29 is 9.47 Å². The normalized spacial score (nSPS) is 10.2. The number of hydrogen-bond acceptors (Lipinski definition) is 7. The minimum atomic E-state index is 0.411. The quantitative estimate of drug-likeness (QED) is 0.834. The zero-order valence-corrected chi connectivity index (χ0v) is 11.5. The van der Waals surface area contributed by atoms with Gasteiger partial charge in [0.25, 0.3) is 0 Å². The summed E-state index contributed by atoms with van der Waals surface area (Å²) in [6.45, 7) is 0. The van der Waals surface area contributed by atoms with Crippen molar-refractivity contribution in [3.63, 3.8) is 0 Å². The molecule has 0 amide bonds. The van der Waals surface area contributed by atoms with Crippen LogP contribution in [0.5, 0.6) is 11.5 Å². The van der Waals surface area contributed by atoms with E-state index in [1.807, 2.05) is 0 Å². The van der Waals surface area contributed by atoms with Crippen LogP contribution in [0.15, 0.2) is 29.7 Å². The van der Waals surface area contributed by atoms with Gasteiger partial charge in [0.15, 0.2) is 17.3 Å². The number of nitrogens with zero attached hydrogens (tertiary/aromatic N) is 3. The van der Waals surface area contributed by atoms with Crippen LogP contribution in [0.4, 0.5) is 5.82 Å². The lowest BCUT2D eigenvalue weighted by Crippen LogP contribution is -1.99. The molecule has 0 radical (unpaired) electrons. The lowest BCUT2D eigenvalue weighted by molar-refractivity contribution is 0.350. The molecule has 0 saturated heterocycles. The van der Waals surface area contributed by atoms with Crippen LogP contribution in [0.3, 0.4) is 0 Å². The summed E-state index contributed by atoms with van der Waals surface area (Å²) in [5.74, 6) is 2.26. The van der Waals surface area contributed by atoms with Gasteiger partial charge < -0.3 is 15.2 Å². The largest absolute Gasteiger partial charge is 0.493 e. The van der Waals surface area contributed by atoms with Gasteiger partial charge in [0.2, 0.25) is 0 Å². The van der Waals surface area contributed by atoms with Gasteiger partial charge in [-0.05, 0) is 0 Å². The van der Waals surface area contributed by atoms with Crippen LogP contribution in [0.2, 0.25) is 0 Å². The van der Waals surface area contributed by atoms with E-state index in [1.165, 1.54) is 11.8 Å². The van der Waals surface area contributed by atoms with E-state index < -0.39 is 0 Å². The second kappa shape index (κ2) is 6.24. The lowest BCUT2D eigenvalue weighted by Gasteiger charge is -2.11. The fourth-order valence-corrected chi connectivity index (χ4v) is 2.35. The number of nitrogens with two attached hydrogens (primary N) is 1. The van der Waals surface area contributed by atoms with Gasteiger partial charge in [-0.2, -0.15) is 0 Å². The predicted molar refractivity (Wildman–Crippen MR) is 73.3 cm³/mol. The summed E-state index contributed by atoms with van der Waals surface area (Å²) in [4.78, 5) is 12.4. The van der Waals surface area contributed by atoms with Crippen molar-refractivity contribution >= 4 is 17.6 Å². The van der Waals surface area contributed by atoms with Crippen LogP contribution >= 0.6 is 11.8 Å². The molecular formula is C12H14N4O2S. The van der Waals surface area contributed by atoms with Gasteiger partial charge in [-0.25, -0.2) is 9.97 Å². The summed E-state index contributed by atoms with van der Waals surface area (Å²) in [6, 6.07) is 1.75. The molecule has 0 atom stereocenters. The Hall–Kier alpha value is -2.02. The molecule has 0 aliphatic carbocycles. The van der Waals surface area contributed by atoms with Gasteiger partial charge in [0, 0.05) is 30.4 Å². The van der Waals surface area contributed by atoms with Crippen LogP contribution in [-0.4, -0.2) is 29.2 Å². The number of aromatic nitrogens is 3. The van der Waals surface area contributed by atoms with E-state index in [4.69, 9.17) is 15.2 Å². The molecule has 19 heavy (non-hydrogen) atoms. The summed E-state index contributed by atoms with van der Waals surface area (Å²) in [5.41, 5.74) is 6.52. The number of anilines is 1. The summed E-state index contributed by atoms with van der Waals surface area (Å²) >= 11 is 1.45. The molecular weight excluding hydrogens is 264 g/mol. The molecule has 100 valence electrons. The third kappa shape index (κ3) is 3.05. The van der Waals surface area contributed by atoms with E-state index in [1.54, 1.807) is 38.9 Å². The number of nitrogen functional groups attached to an aromatic ring is 1. The summed E-state index contributed by atoms with van der Waals surface area (Å²) in [7, 11) is 3.18. The Labute approximate surface area is 115 Å². The molecule has 0 aliphatic rings. The van der Waals surface area contributed by atoms with Crippen LogP contribution in [0.25, 0.3) is 0 Å². The Kier molecular flexibility index (Phi) is 4.40. The van der Waals surface area contributed by atoms with Gasteiger partial charge >= 0.3 is 0 Å². The van der Waals surface area contributed by atoms with Crippen molar-refractivity contribution in [3.05, 3.63) is 30.4 Å². The molecule has 2 aromatic heterocycles. The zero-order chi connectivity index (χ0) is 13.7. The third-order valence-corrected chi connectivity index (χ3v) is 3.41. The van der Waals surface area contributed by atoms with Crippen LogP contribution in [0, 0.1) is 0 Å². The maximum absolute atomic E-state index is 5.74. The van der Waals surface area contributed by atoms with Crippen LogP contribution in [-0.2, 0) is 5.75 Å². The van der Waals surface area contributed by atoms with Crippen molar-refractivity contribution in [1.29, 1.82) is 0 Å². The Bertz CT molecular complexity index is 565. The molecule has 0 bridgehead atoms. The van der Waals surface area contributed by atoms with Crippen molar-refractivity contribution in [3.8, 4) is 11.5 Å². The van der Waals surface area contributed by atoms with E-state index in [-0.39, 0.29) is 0 Å². The van der Waals surface area contributed by atoms with Crippen molar-refractivity contribution in [1.82, 2.24) is 15.0 Å². The van der Waals surface area contributed by atoms with Gasteiger partial charge in [-0.15, -0.1) is 0 Å². The molecule has 7 heteroatoms. The lowest BCUT2D eigenvalue weighted by atomic mass is 10.3. The first kappa shape index (κ1) is 13.4. The average Bonchev–Trinajstić information content (AvgIpc) is 2.45. The highest BCUT2D eigenvalue weighted by Gasteiger charge is 2.12. The first-order valence-corrected chi connectivity index (χ1v) is 6.50. The molecule has 2 rings (SSSR count). The Morgan fingerprint density at radius 3 is 2.58 bits per heavy atom. The number of methoxy groups -OCH3 is 2. The number of thioether (sulfide) groups is 1. The SMILES string of the molecule is COc1ccnc(CSc2nccnc2N)c1OC. The summed E-state index contributed by atoms with van der Waals surface area (Å²) in [6.07, 6.45) is 4.84. The fourth-order valence-electron chi connectivity index (χ4n) is 1.54. The molecule has 0 fully saturated rings. The molecule has 0 spiro atoms. The van der Waals surface area contributed by atoms with Crippen LogP contribution in [0.1, 0.15) is 5.69 Å². The van der Waals surface area contributed by atoms with Crippen molar-refractivity contribution in [2.45, 2.75) is 10.8 Å². The fraction of sp³-hybridized carbons (Fsp3) is 0.250. The first-order chi connectivity index (χ1) is 9.26. The first-order valence-electron chi connectivity index (χ1n) is 5.51. The number of rotatable bonds is 5. The van der Waals surface area contributed by atoms with Crippen LogP contribution < -0.4 is 15.2 Å². The van der Waals surface area contributed by atoms with Gasteiger partial charge in [0.1, 0.15) is 5.03 Å². The van der Waals surface area contributed by atoms with Gasteiger partial charge in [-0.3, -0.25) is 4.98 Å². The second-order valence-electron chi connectivity index (χ2n) is 3.53. The second-order valence-corrected chi connectivity index (χ2v) is 4.49. The molecule has 0 aliphatic heterocycles. The standard InChI is InChI=1S/C12H14N4O2S/c1-17-9-3-4-14-8(10(9)18-2)7-19-12-11(13)15-5-6-16-12/h3-6H,7H2,1-2H3,(H2,13,15). The maximum Gasteiger partial charge on any atom is 0.183 e. The van der Waals surface area contributed by atoms with E-state index in [0.717, 1.165) is 5.69 Å². The predicted octanol–water partition coefficient (Wildman–Crippen LogP) is 1.76. The molecule has 0 aromatic carbocycles. The van der Waals surface area contributed by atoms with E-state index in [2.05, 4.69) is 15.0 Å². The Morgan fingerprint density at radius 1 is 1.11 bits per heavy atom. The summed E-state index contributed by atoms with van der Waals surface area (Å²) in [5, 5.41) is 0.675. The smallest absolute Gasteiger partial charge is 0.183 e. The highest BCUT2D eigenvalue weighted by molar-refractivity contribution is 7.98. The van der Waals surface area contributed by atoms with Crippen molar-refractivity contribution in [2.24, 2.45) is 0 Å². The van der Waals surface area contributed by atoms with Crippen molar-refractivity contribution in [2.75, 3.05) is 20.0 Å². The molecule has 6 nitrogen and oxygen atoms in total. The molecule has 0 unspecified atom stereocenters.